The first-order chi connectivity index (χ1) is 15.0. The third kappa shape index (κ3) is 2.99. The van der Waals surface area contributed by atoms with Gasteiger partial charge in [0.15, 0.2) is 0 Å². The van der Waals surface area contributed by atoms with E-state index in [4.69, 9.17) is 4.74 Å². The molecule has 2 aliphatic carbocycles. The number of amides is 3. The first-order valence-corrected chi connectivity index (χ1v) is 11.3. The van der Waals surface area contributed by atoms with Crippen LogP contribution in [0, 0.1) is 23.7 Å². The molecular formula is C23H27N3O5. The predicted molar refractivity (Wildman–Crippen MR) is 110 cm³/mol. The molecule has 8 heteroatoms. The normalized spacial score (nSPS) is 37.5. The van der Waals surface area contributed by atoms with Crippen LogP contribution in [0.1, 0.15) is 42.9 Å². The van der Waals surface area contributed by atoms with Gasteiger partial charge in [0.25, 0.3) is 0 Å². The summed E-state index contributed by atoms with van der Waals surface area (Å²) in [7, 11) is 0. The van der Waals surface area contributed by atoms with Crippen LogP contribution in [0.2, 0.25) is 0 Å². The second-order valence-corrected chi connectivity index (χ2v) is 9.72. The van der Waals surface area contributed by atoms with E-state index in [2.05, 4.69) is 10.6 Å². The van der Waals surface area contributed by atoms with Crippen LogP contribution in [-0.2, 0) is 25.7 Å². The van der Waals surface area contributed by atoms with Gasteiger partial charge in [-0.25, -0.2) is 0 Å². The maximum Gasteiger partial charge on any atom is 0.240 e. The topological polar surface area (TPSA) is 108 Å². The van der Waals surface area contributed by atoms with E-state index in [1.165, 1.54) is 4.90 Å². The summed E-state index contributed by atoms with van der Waals surface area (Å²) in [6.07, 6.45) is 3.20. The fourth-order valence-electron chi connectivity index (χ4n) is 6.50. The molecule has 164 valence electrons. The van der Waals surface area contributed by atoms with Gasteiger partial charge in [-0.05, 0) is 48.8 Å². The molecule has 1 aromatic rings. The standard InChI is InChI=1S/C23H27N3O5/c27-17-10-31-18-7-16(17)25-15-4-1-11(5-14(15)18)8-24-19(28)9-26-22(29)20-12-2-3-13(6-12)21(20)23(26)30/h1,4-5,12-13,16-18,20-21,25,27H,2-3,6-10H2,(H,24,28)/t12-,13+,16-,17+,18-,20-,21+/m0/s1. The largest absolute Gasteiger partial charge is 0.389 e. The molecule has 3 N–H and O–H groups in total. The van der Waals surface area contributed by atoms with Crippen molar-refractivity contribution in [3.63, 3.8) is 0 Å². The van der Waals surface area contributed by atoms with Crippen molar-refractivity contribution < 1.29 is 24.2 Å². The summed E-state index contributed by atoms with van der Waals surface area (Å²) in [4.78, 5) is 39.3. The highest BCUT2D eigenvalue weighted by atomic mass is 16.5. The van der Waals surface area contributed by atoms with Crippen LogP contribution in [0.15, 0.2) is 18.2 Å². The maximum atomic E-state index is 12.8. The zero-order valence-electron chi connectivity index (χ0n) is 17.3. The number of carbonyl (C=O) groups excluding carboxylic acids is 3. The second kappa shape index (κ2) is 7.03. The molecular weight excluding hydrogens is 398 g/mol. The number of rotatable bonds is 4. The SMILES string of the molecule is O=C(CN1C(=O)[C@@H]2[C@@H]3CC[C@@H](C3)[C@@H]2C1=O)NCc1ccc2c(c1)[C@@H]1C[C@H](N2)[C@H](O)CO1. The molecule has 4 bridgehead atoms. The van der Waals surface area contributed by atoms with Crippen LogP contribution >= 0.6 is 0 Å². The Hall–Kier alpha value is -2.45. The number of hydrogen-bond acceptors (Lipinski definition) is 6. The van der Waals surface area contributed by atoms with Crippen molar-refractivity contribution in [3.8, 4) is 0 Å². The van der Waals surface area contributed by atoms with E-state index >= 15 is 0 Å². The van der Waals surface area contributed by atoms with E-state index in [1.54, 1.807) is 0 Å². The van der Waals surface area contributed by atoms with Gasteiger partial charge in [0.2, 0.25) is 17.7 Å². The fourth-order valence-corrected chi connectivity index (χ4v) is 6.50. The van der Waals surface area contributed by atoms with E-state index in [-0.39, 0.29) is 48.2 Å². The number of fused-ring (bicyclic) bond motifs is 9. The van der Waals surface area contributed by atoms with Crippen molar-refractivity contribution in [1.82, 2.24) is 10.2 Å². The summed E-state index contributed by atoms with van der Waals surface area (Å²) in [5, 5.41) is 16.2. The van der Waals surface area contributed by atoms with Crippen molar-refractivity contribution in [2.24, 2.45) is 23.7 Å². The number of nitrogens with zero attached hydrogens (tertiary/aromatic N) is 1. The first-order valence-electron chi connectivity index (χ1n) is 11.3. The summed E-state index contributed by atoms with van der Waals surface area (Å²) in [5.41, 5.74) is 2.91. The fraction of sp³-hybridized carbons (Fsp3) is 0.609. The Morgan fingerprint density at radius 2 is 1.90 bits per heavy atom. The smallest absolute Gasteiger partial charge is 0.240 e. The number of aliphatic hydroxyl groups is 1. The van der Waals surface area contributed by atoms with Gasteiger partial charge in [-0.15, -0.1) is 0 Å². The molecule has 0 spiro atoms. The second-order valence-electron chi connectivity index (χ2n) is 9.72. The molecule has 0 unspecified atom stereocenters. The molecule has 0 radical (unpaired) electrons. The number of nitrogens with one attached hydrogen (secondary N) is 2. The Morgan fingerprint density at radius 1 is 1.16 bits per heavy atom. The number of hydrogen-bond donors (Lipinski definition) is 3. The van der Waals surface area contributed by atoms with Crippen molar-refractivity contribution in [3.05, 3.63) is 29.3 Å². The minimum absolute atomic E-state index is 0.00191. The van der Waals surface area contributed by atoms with Crippen molar-refractivity contribution in [1.29, 1.82) is 0 Å². The number of ether oxygens (including phenoxy) is 1. The third-order valence-corrected chi connectivity index (χ3v) is 8.01. The molecule has 3 heterocycles. The monoisotopic (exact) mass is 425 g/mol. The lowest BCUT2D eigenvalue weighted by atomic mass is 9.81. The Bertz CT molecular complexity index is 937. The summed E-state index contributed by atoms with van der Waals surface area (Å²) >= 11 is 0. The summed E-state index contributed by atoms with van der Waals surface area (Å²) in [6.45, 7) is 0.436. The number of likely N-dealkylation sites (tertiary alicyclic amines) is 1. The number of carbonyl (C=O) groups is 3. The summed E-state index contributed by atoms with van der Waals surface area (Å²) in [6, 6.07) is 5.88. The summed E-state index contributed by atoms with van der Waals surface area (Å²) < 4.78 is 5.78. The Balaban J connectivity index is 1.09. The average molecular weight is 425 g/mol. The van der Waals surface area contributed by atoms with Gasteiger partial charge in [-0.3, -0.25) is 19.3 Å². The lowest BCUT2D eigenvalue weighted by Crippen LogP contribution is -2.46. The van der Waals surface area contributed by atoms with Crippen molar-refractivity contribution in [2.75, 3.05) is 18.5 Å². The minimum atomic E-state index is -0.505. The van der Waals surface area contributed by atoms with E-state index in [0.717, 1.165) is 36.1 Å². The van der Waals surface area contributed by atoms with Gasteiger partial charge in [0, 0.05) is 24.2 Å². The van der Waals surface area contributed by atoms with Crippen LogP contribution in [0.5, 0.6) is 0 Å². The van der Waals surface area contributed by atoms with Crippen LogP contribution in [0.3, 0.4) is 0 Å². The van der Waals surface area contributed by atoms with Crippen LogP contribution in [0.4, 0.5) is 5.69 Å². The molecule has 31 heavy (non-hydrogen) atoms. The zero-order valence-corrected chi connectivity index (χ0v) is 17.3. The average Bonchev–Trinajstić information content (AvgIpc) is 3.45. The van der Waals surface area contributed by atoms with Gasteiger partial charge in [0.05, 0.1) is 36.7 Å². The van der Waals surface area contributed by atoms with E-state index in [1.807, 2.05) is 18.2 Å². The zero-order chi connectivity index (χ0) is 21.3. The van der Waals surface area contributed by atoms with Crippen LogP contribution in [-0.4, -0.2) is 53.0 Å². The molecule has 8 nitrogen and oxygen atoms in total. The quantitative estimate of drug-likeness (QED) is 0.620. The molecule has 0 aromatic heterocycles. The molecule has 2 saturated heterocycles. The summed E-state index contributed by atoms with van der Waals surface area (Å²) in [5.74, 6) is -0.346. The molecule has 6 rings (SSSR count). The van der Waals surface area contributed by atoms with E-state index in [0.29, 0.717) is 31.4 Å². The van der Waals surface area contributed by atoms with Gasteiger partial charge < -0.3 is 20.5 Å². The van der Waals surface area contributed by atoms with Gasteiger partial charge in [-0.1, -0.05) is 6.07 Å². The molecule has 1 aromatic carbocycles. The molecule has 7 atom stereocenters. The number of imide groups is 1. The minimum Gasteiger partial charge on any atom is -0.389 e. The van der Waals surface area contributed by atoms with Gasteiger partial charge in [0.1, 0.15) is 6.54 Å². The van der Waals surface area contributed by atoms with Crippen molar-refractivity contribution >= 4 is 23.4 Å². The van der Waals surface area contributed by atoms with Crippen LogP contribution in [0.25, 0.3) is 0 Å². The Morgan fingerprint density at radius 3 is 2.65 bits per heavy atom. The highest BCUT2D eigenvalue weighted by Crippen LogP contribution is 2.56. The number of aliphatic hydroxyl groups excluding tert-OH is 1. The Labute approximate surface area is 180 Å². The molecule has 2 saturated carbocycles. The highest BCUT2D eigenvalue weighted by molar-refractivity contribution is 6.08. The third-order valence-electron chi connectivity index (χ3n) is 8.01. The highest BCUT2D eigenvalue weighted by Gasteiger charge is 2.60. The lowest BCUT2D eigenvalue weighted by molar-refractivity contribution is -0.144. The molecule has 4 fully saturated rings. The van der Waals surface area contributed by atoms with Gasteiger partial charge in [-0.2, -0.15) is 0 Å². The Kier molecular flexibility index (Phi) is 4.37. The van der Waals surface area contributed by atoms with E-state index in [9.17, 15) is 19.5 Å². The van der Waals surface area contributed by atoms with Crippen molar-refractivity contribution in [2.45, 2.75) is 50.5 Å². The van der Waals surface area contributed by atoms with Gasteiger partial charge >= 0.3 is 0 Å². The van der Waals surface area contributed by atoms with E-state index < -0.39 is 6.10 Å². The molecule has 3 aliphatic heterocycles. The number of anilines is 1. The predicted octanol–water partition coefficient (Wildman–Crippen LogP) is 0.950. The number of benzene rings is 1. The molecule has 3 amide bonds. The molecule has 5 aliphatic rings. The lowest BCUT2D eigenvalue weighted by Gasteiger charge is -2.40. The van der Waals surface area contributed by atoms with Crippen LogP contribution < -0.4 is 10.6 Å². The first kappa shape index (κ1) is 19.3. The maximum absolute atomic E-state index is 12.8.